The number of nitro groups is 1. The Morgan fingerprint density at radius 1 is 1.17 bits per heavy atom. The van der Waals surface area contributed by atoms with Crippen LogP contribution in [0.1, 0.15) is 45.6 Å². The SMILES string of the molecule is Cc1ccc(C)c([C@@H](C)NC(=O)c2cccc([N+](=O)[O-])c2C)c1. The van der Waals surface area contributed by atoms with Crippen LogP contribution in [0.2, 0.25) is 0 Å². The van der Waals surface area contributed by atoms with Gasteiger partial charge in [0.2, 0.25) is 0 Å². The molecule has 0 fully saturated rings. The molecular weight excluding hydrogens is 292 g/mol. The van der Waals surface area contributed by atoms with Gasteiger partial charge in [0.25, 0.3) is 11.6 Å². The number of benzene rings is 2. The van der Waals surface area contributed by atoms with Crippen LogP contribution < -0.4 is 5.32 Å². The van der Waals surface area contributed by atoms with E-state index in [-0.39, 0.29) is 17.6 Å². The van der Waals surface area contributed by atoms with E-state index in [9.17, 15) is 14.9 Å². The number of carbonyl (C=O) groups is 1. The van der Waals surface area contributed by atoms with Gasteiger partial charge >= 0.3 is 0 Å². The highest BCUT2D eigenvalue weighted by molar-refractivity contribution is 5.96. The summed E-state index contributed by atoms with van der Waals surface area (Å²) in [4.78, 5) is 23.0. The number of nitrogens with zero attached hydrogens (tertiary/aromatic N) is 1. The first-order valence-electron chi connectivity index (χ1n) is 7.43. The van der Waals surface area contributed by atoms with E-state index < -0.39 is 4.92 Å². The van der Waals surface area contributed by atoms with Gasteiger partial charge in [-0.25, -0.2) is 0 Å². The molecule has 5 nitrogen and oxygen atoms in total. The minimum Gasteiger partial charge on any atom is -0.345 e. The summed E-state index contributed by atoms with van der Waals surface area (Å²) in [6.07, 6.45) is 0. The molecular formula is C18H20N2O3. The van der Waals surface area contributed by atoms with Gasteiger partial charge in [0.05, 0.1) is 11.0 Å². The van der Waals surface area contributed by atoms with Gasteiger partial charge in [0, 0.05) is 17.2 Å². The van der Waals surface area contributed by atoms with Gasteiger partial charge in [0.1, 0.15) is 0 Å². The van der Waals surface area contributed by atoms with Crippen LogP contribution in [0.5, 0.6) is 0 Å². The third kappa shape index (κ3) is 3.56. The number of carbonyl (C=O) groups excluding carboxylic acids is 1. The molecule has 0 bridgehead atoms. The molecule has 0 saturated heterocycles. The fraction of sp³-hybridized carbons (Fsp3) is 0.278. The Labute approximate surface area is 135 Å². The zero-order valence-corrected chi connectivity index (χ0v) is 13.7. The van der Waals surface area contributed by atoms with Crippen LogP contribution in [0, 0.1) is 30.9 Å². The minimum atomic E-state index is -0.472. The van der Waals surface area contributed by atoms with Crippen LogP contribution in [0.25, 0.3) is 0 Å². The van der Waals surface area contributed by atoms with Crippen molar-refractivity contribution in [2.75, 3.05) is 0 Å². The van der Waals surface area contributed by atoms with E-state index in [0.717, 1.165) is 16.7 Å². The first-order valence-corrected chi connectivity index (χ1v) is 7.43. The molecule has 1 amide bonds. The first kappa shape index (κ1) is 16.7. The van der Waals surface area contributed by atoms with E-state index in [1.807, 2.05) is 39.0 Å². The maximum absolute atomic E-state index is 12.5. The van der Waals surface area contributed by atoms with Gasteiger partial charge in [0.15, 0.2) is 0 Å². The second-order valence-corrected chi connectivity index (χ2v) is 5.76. The van der Waals surface area contributed by atoms with Crippen LogP contribution in [0.4, 0.5) is 5.69 Å². The molecule has 0 aromatic heterocycles. The lowest BCUT2D eigenvalue weighted by Gasteiger charge is -2.18. The smallest absolute Gasteiger partial charge is 0.273 e. The Balaban J connectivity index is 2.27. The maximum Gasteiger partial charge on any atom is 0.273 e. The summed E-state index contributed by atoms with van der Waals surface area (Å²) in [5, 5.41) is 13.9. The van der Waals surface area contributed by atoms with Crippen LogP contribution in [0.15, 0.2) is 36.4 Å². The standard InChI is InChI=1S/C18H20N2O3/c1-11-8-9-12(2)16(10-11)14(4)19-18(21)15-6-5-7-17(13(15)3)20(22)23/h5-10,14H,1-4H3,(H,19,21)/t14-/m1/s1. The van der Waals surface area contributed by atoms with Crippen LogP contribution in [0.3, 0.4) is 0 Å². The van der Waals surface area contributed by atoms with Gasteiger partial charge in [-0.1, -0.05) is 29.8 Å². The third-order valence-electron chi connectivity index (χ3n) is 4.00. The fourth-order valence-electron chi connectivity index (χ4n) is 2.65. The zero-order valence-electron chi connectivity index (χ0n) is 13.7. The summed E-state index contributed by atoms with van der Waals surface area (Å²) in [7, 11) is 0. The molecule has 0 spiro atoms. The molecule has 0 heterocycles. The monoisotopic (exact) mass is 312 g/mol. The Morgan fingerprint density at radius 2 is 1.87 bits per heavy atom. The van der Waals surface area contributed by atoms with Crippen molar-refractivity contribution in [2.24, 2.45) is 0 Å². The first-order chi connectivity index (χ1) is 10.8. The second kappa shape index (κ2) is 6.60. The Kier molecular flexibility index (Phi) is 4.79. The summed E-state index contributed by atoms with van der Waals surface area (Å²) in [5.74, 6) is -0.306. The molecule has 0 radical (unpaired) electrons. The Morgan fingerprint density at radius 3 is 2.52 bits per heavy atom. The van der Waals surface area contributed by atoms with Crippen molar-refractivity contribution < 1.29 is 9.72 Å². The molecule has 5 heteroatoms. The van der Waals surface area contributed by atoms with Crippen molar-refractivity contribution in [1.29, 1.82) is 0 Å². The lowest BCUT2D eigenvalue weighted by Crippen LogP contribution is -2.28. The van der Waals surface area contributed by atoms with Crippen LogP contribution >= 0.6 is 0 Å². The van der Waals surface area contributed by atoms with Crippen molar-refractivity contribution in [3.8, 4) is 0 Å². The summed E-state index contributed by atoms with van der Waals surface area (Å²) in [6.45, 7) is 7.50. The molecule has 2 aromatic rings. The highest BCUT2D eigenvalue weighted by atomic mass is 16.6. The number of amides is 1. The molecule has 2 aromatic carbocycles. The number of aryl methyl sites for hydroxylation is 2. The molecule has 120 valence electrons. The molecule has 2 rings (SSSR count). The van der Waals surface area contributed by atoms with Gasteiger partial charge in [-0.3, -0.25) is 14.9 Å². The average Bonchev–Trinajstić information content (AvgIpc) is 2.49. The molecule has 0 aliphatic heterocycles. The van der Waals surface area contributed by atoms with Crippen molar-refractivity contribution in [2.45, 2.75) is 33.7 Å². The third-order valence-corrected chi connectivity index (χ3v) is 4.00. The van der Waals surface area contributed by atoms with E-state index in [4.69, 9.17) is 0 Å². The number of hydrogen-bond acceptors (Lipinski definition) is 3. The van der Waals surface area contributed by atoms with Gasteiger partial charge in [-0.15, -0.1) is 0 Å². The largest absolute Gasteiger partial charge is 0.345 e. The van der Waals surface area contributed by atoms with Gasteiger partial charge < -0.3 is 5.32 Å². The average molecular weight is 312 g/mol. The van der Waals surface area contributed by atoms with E-state index in [1.165, 1.54) is 12.1 Å². The Hall–Kier alpha value is -2.69. The number of nitrogens with one attached hydrogen (secondary N) is 1. The van der Waals surface area contributed by atoms with E-state index in [2.05, 4.69) is 5.32 Å². The number of hydrogen-bond donors (Lipinski definition) is 1. The van der Waals surface area contributed by atoms with Gasteiger partial charge in [-0.05, 0) is 44.9 Å². The highest BCUT2D eigenvalue weighted by Crippen LogP contribution is 2.23. The van der Waals surface area contributed by atoms with E-state index in [0.29, 0.717) is 11.1 Å². The summed E-state index contributed by atoms with van der Waals surface area (Å²) in [5.41, 5.74) is 3.93. The predicted molar refractivity (Wildman–Crippen MR) is 89.6 cm³/mol. The van der Waals surface area contributed by atoms with Crippen molar-refractivity contribution in [1.82, 2.24) is 5.32 Å². The van der Waals surface area contributed by atoms with Crippen LogP contribution in [-0.4, -0.2) is 10.8 Å². The molecule has 23 heavy (non-hydrogen) atoms. The molecule has 0 aliphatic rings. The normalized spacial score (nSPS) is 11.8. The summed E-state index contributed by atoms with van der Waals surface area (Å²) in [6, 6.07) is 10.4. The highest BCUT2D eigenvalue weighted by Gasteiger charge is 2.20. The number of nitro benzene ring substituents is 1. The predicted octanol–water partition coefficient (Wildman–Crippen LogP) is 4.01. The zero-order chi connectivity index (χ0) is 17.1. The molecule has 0 unspecified atom stereocenters. The minimum absolute atomic E-state index is 0.0444. The van der Waals surface area contributed by atoms with Crippen molar-refractivity contribution in [3.05, 3.63) is 74.3 Å². The molecule has 1 atom stereocenters. The van der Waals surface area contributed by atoms with E-state index >= 15 is 0 Å². The number of rotatable bonds is 4. The topological polar surface area (TPSA) is 72.2 Å². The maximum atomic E-state index is 12.5. The van der Waals surface area contributed by atoms with Crippen molar-refractivity contribution >= 4 is 11.6 Å². The molecule has 0 saturated carbocycles. The van der Waals surface area contributed by atoms with E-state index in [1.54, 1.807) is 13.0 Å². The summed E-state index contributed by atoms with van der Waals surface area (Å²) < 4.78 is 0. The fourth-order valence-corrected chi connectivity index (χ4v) is 2.65. The van der Waals surface area contributed by atoms with Crippen LogP contribution in [-0.2, 0) is 0 Å². The van der Waals surface area contributed by atoms with Gasteiger partial charge in [-0.2, -0.15) is 0 Å². The second-order valence-electron chi connectivity index (χ2n) is 5.76. The lowest BCUT2D eigenvalue weighted by molar-refractivity contribution is -0.385. The lowest BCUT2D eigenvalue weighted by atomic mass is 9.99. The summed E-state index contributed by atoms with van der Waals surface area (Å²) >= 11 is 0. The molecule has 1 N–H and O–H groups in total. The quantitative estimate of drug-likeness (QED) is 0.685. The molecule has 0 aliphatic carbocycles. The van der Waals surface area contributed by atoms with Crippen molar-refractivity contribution in [3.63, 3.8) is 0 Å². The Bertz CT molecular complexity index is 769.